The average molecular weight is 227 g/mol. The van der Waals surface area contributed by atoms with Gasteiger partial charge in [0.1, 0.15) is 0 Å². The molecule has 0 amide bonds. The van der Waals surface area contributed by atoms with Crippen molar-refractivity contribution < 1.29 is 0 Å². The van der Waals surface area contributed by atoms with E-state index in [1.807, 2.05) is 13.8 Å². The predicted octanol–water partition coefficient (Wildman–Crippen LogP) is 4.60. The Balaban J connectivity index is 0.00000106. The molecule has 0 heterocycles. The first-order chi connectivity index (χ1) is 7.13. The van der Waals surface area contributed by atoms with Gasteiger partial charge in [-0.1, -0.05) is 61.8 Å². The van der Waals surface area contributed by atoms with E-state index in [1.54, 1.807) is 0 Å². The Morgan fingerprint density at radius 2 is 1.31 bits per heavy atom. The van der Waals surface area contributed by atoms with Crippen molar-refractivity contribution in [3.05, 3.63) is 0 Å². The maximum atomic E-state index is 6.39. The van der Waals surface area contributed by atoms with Crippen molar-refractivity contribution in [3.63, 3.8) is 0 Å². The van der Waals surface area contributed by atoms with Gasteiger partial charge in [0, 0.05) is 6.04 Å². The third-order valence-electron chi connectivity index (χ3n) is 4.40. The fourth-order valence-corrected chi connectivity index (χ4v) is 4.02. The Bertz CT molecular complexity index is 190. The van der Waals surface area contributed by atoms with Gasteiger partial charge >= 0.3 is 0 Å². The summed E-state index contributed by atoms with van der Waals surface area (Å²) in [6.07, 6.45) is 3.80. The van der Waals surface area contributed by atoms with Gasteiger partial charge in [-0.3, -0.25) is 0 Å². The molecule has 0 aromatic heterocycles. The van der Waals surface area contributed by atoms with Crippen LogP contribution < -0.4 is 5.73 Å². The van der Waals surface area contributed by atoms with E-state index >= 15 is 0 Å². The van der Waals surface area contributed by atoms with Crippen molar-refractivity contribution in [3.8, 4) is 0 Å². The summed E-state index contributed by atoms with van der Waals surface area (Å²) >= 11 is 0. The molecule has 1 atom stereocenters. The Labute approximate surface area is 103 Å². The summed E-state index contributed by atoms with van der Waals surface area (Å²) in [6.45, 7) is 18.1. The summed E-state index contributed by atoms with van der Waals surface area (Å²) in [5.74, 6) is 0. The Hall–Kier alpha value is -0.0400. The molecule has 1 heteroatoms. The minimum atomic E-state index is 0.306. The molecule has 1 nitrogen and oxygen atoms in total. The third kappa shape index (κ3) is 2.45. The number of nitrogens with two attached hydrogens (primary N) is 1. The van der Waals surface area contributed by atoms with Crippen molar-refractivity contribution in [2.24, 2.45) is 22.0 Å². The summed E-state index contributed by atoms with van der Waals surface area (Å²) in [5, 5.41) is 0. The topological polar surface area (TPSA) is 26.0 Å². The smallest absolute Gasteiger partial charge is 0.0106 e. The molecule has 0 spiro atoms. The fourth-order valence-electron chi connectivity index (χ4n) is 4.02. The van der Waals surface area contributed by atoms with Crippen LogP contribution in [0, 0.1) is 16.2 Å². The highest BCUT2D eigenvalue weighted by molar-refractivity contribution is 5.07. The van der Waals surface area contributed by atoms with E-state index in [0.717, 1.165) is 0 Å². The lowest BCUT2D eigenvalue weighted by atomic mass is 9.51. The van der Waals surface area contributed by atoms with E-state index in [0.29, 0.717) is 22.3 Å². The highest BCUT2D eigenvalue weighted by Gasteiger charge is 2.55. The second-order valence-electron chi connectivity index (χ2n) is 6.97. The van der Waals surface area contributed by atoms with Crippen LogP contribution in [0.1, 0.15) is 74.7 Å². The van der Waals surface area contributed by atoms with Gasteiger partial charge in [-0.2, -0.15) is 0 Å². The molecule has 0 radical (unpaired) electrons. The van der Waals surface area contributed by atoms with Gasteiger partial charge < -0.3 is 5.73 Å². The molecule has 0 aromatic carbocycles. The van der Waals surface area contributed by atoms with E-state index in [4.69, 9.17) is 5.73 Å². The van der Waals surface area contributed by atoms with E-state index in [1.165, 1.54) is 19.3 Å². The normalized spacial score (nSPS) is 24.9. The number of hydrogen-bond acceptors (Lipinski definition) is 1. The van der Waals surface area contributed by atoms with Crippen LogP contribution in [0.2, 0.25) is 0 Å². The molecule has 98 valence electrons. The minimum Gasteiger partial charge on any atom is -0.327 e. The Morgan fingerprint density at radius 3 is 1.44 bits per heavy atom. The molecular weight excluding hydrogens is 194 g/mol. The Kier molecular flexibility index (Phi) is 5.07. The third-order valence-corrected chi connectivity index (χ3v) is 4.40. The first kappa shape index (κ1) is 16.0. The number of rotatable bonds is 0. The first-order valence-electron chi connectivity index (χ1n) is 6.88. The van der Waals surface area contributed by atoms with Gasteiger partial charge in [0.2, 0.25) is 0 Å². The maximum absolute atomic E-state index is 6.39. The summed E-state index contributed by atoms with van der Waals surface area (Å²) in [5.41, 5.74) is 7.31. The quantitative estimate of drug-likeness (QED) is 0.643. The summed E-state index contributed by atoms with van der Waals surface area (Å²) in [4.78, 5) is 0. The minimum absolute atomic E-state index is 0.306. The van der Waals surface area contributed by atoms with E-state index in [-0.39, 0.29) is 0 Å². The van der Waals surface area contributed by atoms with E-state index in [9.17, 15) is 0 Å². The summed E-state index contributed by atoms with van der Waals surface area (Å²) in [7, 11) is 0. The second kappa shape index (κ2) is 5.08. The second-order valence-corrected chi connectivity index (χ2v) is 6.97. The molecule has 1 aliphatic carbocycles. The highest BCUT2D eigenvalue weighted by atomic mass is 14.8. The zero-order chi connectivity index (χ0) is 13.2. The molecule has 0 aliphatic heterocycles. The van der Waals surface area contributed by atoms with Crippen LogP contribution >= 0.6 is 0 Å². The molecular formula is C15H33N. The monoisotopic (exact) mass is 227 g/mol. The van der Waals surface area contributed by atoms with E-state index in [2.05, 4.69) is 41.5 Å². The van der Waals surface area contributed by atoms with Crippen molar-refractivity contribution >= 4 is 0 Å². The zero-order valence-electron chi connectivity index (χ0n) is 12.8. The first-order valence-corrected chi connectivity index (χ1v) is 6.88. The van der Waals surface area contributed by atoms with Crippen LogP contribution in [0.5, 0.6) is 0 Å². The van der Waals surface area contributed by atoms with Crippen molar-refractivity contribution in [1.82, 2.24) is 0 Å². The summed E-state index contributed by atoms with van der Waals surface area (Å²) < 4.78 is 0. The van der Waals surface area contributed by atoms with Crippen LogP contribution in [-0.2, 0) is 0 Å². The average Bonchev–Trinajstić information content (AvgIpc) is 2.49. The standard InChI is InChI=1S/C13H27N.C2H6/c1-11(2,3)13(12(4,5)6)9-7-8-10(13)14;1-2/h10H,7-9,14H2,1-6H3;1-2H3. The zero-order valence-corrected chi connectivity index (χ0v) is 12.8. The van der Waals surface area contributed by atoms with Crippen LogP contribution in [-0.4, -0.2) is 6.04 Å². The van der Waals surface area contributed by atoms with Crippen molar-refractivity contribution in [1.29, 1.82) is 0 Å². The summed E-state index contributed by atoms with van der Waals surface area (Å²) in [6, 6.07) is 0.377. The molecule has 0 aromatic rings. The lowest BCUT2D eigenvalue weighted by molar-refractivity contribution is -0.0392. The number of hydrogen-bond donors (Lipinski definition) is 1. The molecule has 16 heavy (non-hydrogen) atoms. The lowest BCUT2D eigenvalue weighted by Gasteiger charge is -2.54. The van der Waals surface area contributed by atoms with Crippen LogP contribution in [0.3, 0.4) is 0 Å². The lowest BCUT2D eigenvalue weighted by Crippen LogP contribution is -2.54. The molecule has 0 saturated heterocycles. The van der Waals surface area contributed by atoms with Gasteiger partial charge in [-0.05, 0) is 29.1 Å². The van der Waals surface area contributed by atoms with Gasteiger partial charge in [0.15, 0.2) is 0 Å². The Morgan fingerprint density at radius 1 is 0.938 bits per heavy atom. The van der Waals surface area contributed by atoms with Gasteiger partial charge in [-0.15, -0.1) is 0 Å². The van der Waals surface area contributed by atoms with Crippen LogP contribution in [0.15, 0.2) is 0 Å². The van der Waals surface area contributed by atoms with Crippen molar-refractivity contribution in [2.45, 2.75) is 80.7 Å². The molecule has 2 N–H and O–H groups in total. The highest BCUT2D eigenvalue weighted by Crippen LogP contribution is 2.60. The van der Waals surface area contributed by atoms with Gasteiger partial charge in [0.05, 0.1) is 0 Å². The fraction of sp³-hybridized carbons (Fsp3) is 1.00. The SMILES string of the molecule is CC.CC(C)(C)C1(C(C)(C)C)CCCC1N. The van der Waals surface area contributed by atoms with Crippen molar-refractivity contribution in [2.75, 3.05) is 0 Å². The van der Waals surface area contributed by atoms with Crippen LogP contribution in [0.4, 0.5) is 0 Å². The molecule has 1 unspecified atom stereocenters. The van der Waals surface area contributed by atoms with Gasteiger partial charge in [-0.25, -0.2) is 0 Å². The predicted molar refractivity (Wildman–Crippen MR) is 74.5 cm³/mol. The molecule has 0 bridgehead atoms. The molecule has 1 saturated carbocycles. The molecule has 1 aliphatic rings. The van der Waals surface area contributed by atoms with Gasteiger partial charge in [0.25, 0.3) is 0 Å². The van der Waals surface area contributed by atoms with Crippen LogP contribution in [0.25, 0.3) is 0 Å². The molecule has 1 fully saturated rings. The molecule has 1 rings (SSSR count). The maximum Gasteiger partial charge on any atom is 0.0106 e. The largest absolute Gasteiger partial charge is 0.327 e. The van der Waals surface area contributed by atoms with E-state index < -0.39 is 0 Å².